The Balaban J connectivity index is 1.21. The molecule has 20 heavy (non-hydrogen) atoms. The number of rotatable bonds is 4. The summed E-state index contributed by atoms with van der Waals surface area (Å²) < 4.78 is 0. The van der Waals surface area contributed by atoms with E-state index in [2.05, 4.69) is 15.5 Å². The van der Waals surface area contributed by atoms with Gasteiger partial charge in [0, 0.05) is 25.0 Å². The molecule has 2 atom stereocenters. The summed E-state index contributed by atoms with van der Waals surface area (Å²) in [4.78, 5) is 14.9. The minimum absolute atomic E-state index is 0.325. The lowest BCUT2D eigenvalue weighted by Gasteiger charge is -2.23. The molecule has 4 fully saturated rings. The van der Waals surface area contributed by atoms with Crippen LogP contribution >= 0.6 is 0 Å². The largest absolute Gasteiger partial charge is 0.356 e. The maximum absolute atomic E-state index is 12.3. The van der Waals surface area contributed by atoms with Crippen LogP contribution in [0.2, 0.25) is 0 Å². The SMILES string of the molecule is O=C(NCC1CCN(C2CC2)C1)C1CC12CCNCC2. The Morgan fingerprint density at radius 2 is 2.05 bits per heavy atom. The van der Waals surface area contributed by atoms with Gasteiger partial charge in [-0.2, -0.15) is 0 Å². The third-order valence-corrected chi connectivity index (χ3v) is 6.05. The number of hydrogen-bond donors (Lipinski definition) is 2. The number of likely N-dealkylation sites (tertiary alicyclic amines) is 1. The molecule has 4 aliphatic rings. The number of amides is 1. The maximum Gasteiger partial charge on any atom is 0.223 e. The van der Waals surface area contributed by atoms with Crippen molar-refractivity contribution >= 4 is 5.91 Å². The first-order valence-electron chi connectivity index (χ1n) is 8.49. The number of nitrogens with one attached hydrogen (secondary N) is 2. The molecule has 0 radical (unpaired) electrons. The second-order valence-corrected chi connectivity index (χ2v) is 7.50. The molecule has 112 valence electrons. The van der Waals surface area contributed by atoms with Crippen molar-refractivity contribution in [3.05, 3.63) is 0 Å². The van der Waals surface area contributed by atoms with Crippen LogP contribution in [0.3, 0.4) is 0 Å². The quantitative estimate of drug-likeness (QED) is 0.805. The molecule has 0 aromatic heterocycles. The number of carbonyl (C=O) groups excluding carboxylic acids is 1. The Hall–Kier alpha value is -0.610. The topological polar surface area (TPSA) is 44.4 Å². The standard InChI is InChI=1S/C16H27N3O/c20-15(14-9-16(14)4-6-17-7-5-16)18-10-12-3-8-19(11-12)13-1-2-13/h12-14,17H,1-11H2,(H,18,20). The highest BCUT2D eigenvalue weighted by molar-refractivity contribution is 5.82. The van der Waals surface area contributed by atoms with E-state index < -0.39 is 0 Å². The molecule has 2 N–H and O–H groups in total. The van der Waals surface area contributed by atoms with Gasteiger partial charge in [-0.25, -0.2) is 0 Å². The first kappa shape index (κ1) is 13.1. The van der Waals surface area contributed by atoms with Crippen LogP contribution < -0.4 is 10.6 Å². The summed E-state index contributed by atoms with van der Waals surface area (Å²) in [6.45, 7) is 5.58. The van der Waals surface area contributed by atoms with Gasteiger partial charge in [0.2, 0.25) is 5.91 Å². The van der Waals surface area contributed by atoms with E-state index in [1.54, 1.807) is 0 Å². The highest BCUT2D eigenvalue weighted by atomic mass is 16.2. The highest BCUT2D eigenvalue weighted by Crippen LogP contribution is 2.58. The Morgan fingerprint density at radius 3 is 2.80 bits per heavy atom. The molecule has 2 aliphatic carbocycles. The zero-order valence-electron chi connectivity index (χ0n) is 12.4. The second-order valence-electron chi connectivity index (χ2n) is 7.50. The summed E-state index contributed by atoms with van der Waals surface area (Å²) in [5, 5.41) is 6.65. The summed E-state index contributed by atoms with van der Waals surface area (Å²) in [6, 6.07) is 0.886. The van der Waals surface area contributed by atoms with E-state index in [1.165, 1.54) is 45.2 Å². The van der Waals surface area contributed by atoms with Crippen LogP contribution in [-0.2, 0) is 4.79 Å². The highest BCUT2D eigenvalue weighted by Gasteiger charge is 2.57. The van der Waals surface area contributed by atoms with Gasteiger partial charge in [-0.05, 0) is 69.5 Å². The van der Waals surface area contributed by atoms with Crippen molar-refractivity contribution in [1.29, 1.82) is 0 Å². The Bertz CT molecular complexity index is 387. The predicted octanol–water partition coefficient (Wildman–Crippen LogP) is 0.977. The van der Waals surface area contributed by atoms with Crippen LogP contribution in [-0.4, -0.2) is 49.6 Å². The third-order valence-electron chi connectivity index (χ3n) is 6.05. The van der Waals surface area contributed by atoms with Crippen LogP contribution in [0.4, 0.5) is 0 Å². The van der Waals surface area contributed by atoms with Crippen molar-refractivity contribution in [3.8, 4) is 0 Å². The average molecular weight is 277 g/mol. The summed E-state index contributed by atoms with van der Waals surface area (Å²) in [7, 11) is 0. The predicted molar refractivity (Wildman–Crippen MR) is 78.4 cm³/mol. The van der Waals surface area contributed by atoms with Gasteiger partial charge >= 0.3 is 0 Å². The Kier molecular flexibility index (Phi) is 3.26. The molecule has 0 aromatic carbocycles. The van der Waals surface area contributed by atoms with Crippen LogP contribution in [0.5, 0.6) is 0 Å². The molecule has 2 aliphatic heterocycles. The van der Waals surface area contributed by atoms with Gasteiger partial charge in [-0.15, -0.1) is 0 Å². The van der Waals surface area contributed by atoms with Crippen molar-refractivity contribution < 1.29 is 4.79 Å². The lowest BCUT2D eigenvalue weighted by atomic mass is 9.91. The molecule has 4 heteroatoms. The minimum atomic E-state index is 0.325. The van der Waals surface area contributed by atoms with E-state index in [4.69, 9.17) is 0 Å². The number of carbonyl (C=O) groups is 1. The van der Waals surface area contributed by atoms with E-state index in [1.807, 2.05) is 0 Å². The van der Waals surface area contributed by atoms with Gasteiger partial charge in [-0.1, -0.05) is 0 Å². The van der Waals surface area contributed by atoms with Gasteiger partial charge in [-0.3, -0.25) is 4.79 Å². The fourth-order valence-electron chi connectivity index (χ4n) is 4.36. The van der Waals surface area contributed by atoms with E-state index in [9.17, 15) is 4.79 Å². The van der Waals surface area contributed by atoms with Gasteiger partial charge in [0.05, 0.1) is 0 Å². The van der Waals surface area contributed by atoms with E-state index in [0.717, 1.165) is 32.1 Å². The van der Waals surface area contributed by atoms with Gasteiger partial charge in [0.15, 0.2) is 0 Å². The third kappa shape index (κ3) is 2.48. The molecule has 2 saturated heterocycles. The zero-order valence-corrected chi connectivity index (χ0v) is 12.4. The molecule has 0 aromatic rings. The minimum Gasteiger partial charge on any atom is -0.356 e. The monoisotopic (exact) mass is 277 g/mol. The van der Waals surface area contributed by atoms with E-state index in [0.29, 0.717) is 23.2 Å². The lowest BCUT2D eigenvalue weighted by Crippen LogP contribution is -2.36. The maximum atomic E-state index is 12.3. The molecule has 1 spiro atoms. The molecule has 4 rings (SSSR count). The summed E-state index contributed by atoms with van der Waals surface area (Å²) >= 11 is 0. The summed E-state index contributed by atoms with van der Waals surface area (Å²) in [5.41, 5.74) is 0.380. The molecule has 2 heterocycles. The lowest BCUT2D eigenvalue weighted by molar-refractivity contribution is -0.123. The molecule has 0 bridgehead atoms. The number of hydrogen-bond acceptors (Lipinski definition) is 3. The Morgan fingerprint density at radius 1 is 1.25 bits per heavy atom. The number of nitrogens with zero attached hydrogens (tertiary/aromatic N) is 1. The van der Waals surface area contributed by atoms with Crippen LogP contribution in [0.25, 0.3) is 0 Å². The van der Waals surface area contributed by atoms with Crippen LogP contribution in [0.1, 0.15) is 38.5 Å². The van der Waals surface area contributed by atoms with Crippen molar-refractivity contribution in [3.63, 3.8) is 0 Å². The van der Waals surface area contributed by atoms with Crippen molar-refractivity contribution in [2.75, 3.05) is 32.7 Å². The Labute approximate surface area is 121 Å². The van der Waals surface area contributed by atoms with E-state index in [-0.39, 0.29) is 0 Å². The first-order valence-corrected chi connectivity index (χ1v) is 8.49. The fraction of sp³-hybridized carbons (Fsp3) is 0.938. The summed E-state index contributed by atoms with van der Waals surface area (Å²) in [5.74, 6) is 1.37. The van der Waals surface area contributed by atoms with E-state index >= 15 is 0 Å². The van der Waals surface area contributed by atoms with Crippen molar-refractivity contribution in [2.45, 2.75) is 44.6 Å². The zero-order chi connectivity index (χ0) is 13.6. The van der Waals surface area contributed by atoms with Crippen LogP contribution in [0, 0.1) is 17.3 Å². The van der Waals surface area contributed by atoms with Gasteiger partial charge < -0.3 is 15.5 Å². The van der Waals surface area contributed by atoms with Gasteiger partial charge in [0.25, 0.3) is 0 Å². The smallest absolute Gasteiger partial charge is 0.223 e. The van der Waals surface area contributed by atoms with Crippen LogP contribution in [0.15, 0.2) is 0 Å². The average Bonchev–Trinajstić information content (AvgIpc) is 3.38. The molecule has 4 nitrogen and oxygen atoms in total. The first-order chi connectivity index (χ1) is 9.77. The fourth-order valence-corrected chi connectivity index (χ4v) is 4.36. The number of piperidine rings is 1. The molecular weight excluding hydrogens is 250 g/mol. The summed E-state index contributed by atoms with van der Waals surface area (Å²) in [6.07, 6.45) is 7.61. The van der Waals surface area contributed by atoms with Crippen molar-refractivity contribution in [1.82, 2.24) is 15.5 Å². The molecule has 1 amide bonds. The van der Waals surface area contributed by atoms with Crippen molar-refractivity contribution in [2.24, 2.45) is 17.3 Å². The molecule has 2 unspecified atom stereocenters. The normalized spacial score (nSPS) is 36.2. The molecule has 2 saturated carbocycles. The van der Waals surface area contributed by atoms with Gasteiger partial charge in [0.1, 0.15) is 0 Å². The second kappa shape index (κ2) is 4.99. The molecular formula is C16H27N3O.